The van der Waals surface area contributed by atoms with E-state index in [9.17, 15) is 24.0 Å². The van der Waals surface area contributed by atoms with Crippen molar-refractivity contribution in [1.29, 1.82) is 0 Å². The summed E-state index contributed by atoms with van der Waals surface area (Å²) in [4.78, 5) is 75.4. The van der Waals surface area contributed by atoms with Crippen molar-refractivity contribution >= 4 is 52.8 Å². The van der Waals surface area contributed by atoms with Crippen LogP contribution < -0.4 is 26.4 Å². The van der Waals surface area contributed by atoms with Crippen molar-refractivity contribution in [1.82, 2.24) is 35.1 Å². The topological polar surface area (TPSA) is 216 Å². The molecule has 1 saturated carbocycles. The molecule has 2 bridgehead atoms. The maximum atomic E-state index is 13.6. The molecule has 5 amide bonds. The number of carbonyl (C=O) groups excluding carboxylic acids is 5. The number of amides is 5. The number of nitrogen functional groups attached to an aromatic ring is 1. The number of nitrogens with one attached hydrogen (secondary N) is 3. The highest BCUT2D eigenvalue weighted by Crippen LogP contribution is 2.38. The summed E-state index contributed by atoms with van der Waals surface area (Å²) in [6.45, 7) is 6.02. The van der Waals surface area contributed by atoms with Crippen molar-refractivity contribution in [2.75, 3.05) is 30.7 Å². The predicted octanol–water partition coefficient (Wildman–Crippen LogP) is 5.82. The van der Waals surface area contributed by atoms with Crippen molar-refractivity contribution in [3.8, 4) is 17.0 Å². The second kappa shape index (κ2) is 18.2. The molecule has 16 nitrogen and oxygen atoms in total. The lowest BCUT2D eigenvalue weighted by Gasteiger charge is -2.30. The summed E-state index contributed by atoms with van der Waals surface area (Å²) < 4.78 is 13.4. The van der Waals surface area contributed by atoms with Crippen LogP contribution in [-0.4, -0.2) is 79.7 Å². The highest BCUT2D eigenvalue weighted by atomic mass is 16.5. The fourth-order valence-corrected chi connectivity index (χ4v) is 8.57. The number of anilines is 2. The third kappa shape index (κ3) is 9.95. The SMILES string of the molecule is CC(C)(C)c1cc(NC(=O)Cc2ccc(-c3nc4n5c(cnc(N)c35)/C=C/CCCN(C(=O)COc3ccc(C5CCC(=O)NC5=O)cc3)CC(=O)N[C@@H]3CCC[C@@H]4C3)cc2)no1. The van der Waals surface area contributed by atoms with Crippen LogP contribution in [-0.2, 0) is 35.8 Å². The van der Waals surface area contributed by atoms with E-state index in [2.05, 4.69) is 30.5 Å². The van der Waals surface area contributed by atoms with Gasteiger partial charge in [0.05, 0.1) is 30.8 Å². The molecular formula is C47H53N9O7. The molecule has 1 aliphatic carbocycles. The van der Waals surface area contributed by atoms with Gasteiger partial charge in [-0.15, -0.1) is 0 Å². The van der Waals surface area contributed by atoms with Crippen LogP contribution >= 0.6 is 0 Å². The van der Waals surface area contributed by atoms with Crippen molar-refractivity contribution in [3.05, 3.63) is 95.3 Å². The fraction of sp³-hybridized carbons (Fsp3) is 0.404. The van der Waals surface area contributed by atoms with Gasteiger partial charge in [-0.3, -0.25) is 33.7 Å². The number of hydrogen-bond acceptors (Lipinski definition) is 11. The Balaban J connectivity index is 0.972. The Labute approximate surface area is 365 Å². The molecular weight excluding hydrogens is 803 g/mol. The number of fused-ring (bicyclic) bond motifs is 3. The number of imide groups is 1. The number of rotatable bonds is 8. The number of nitrogens with two attached hydrogens (primary N) is 1. The fourth-order valence-electron chi connectivity index (χ4n) is 8.57. The lowest BCUT2D eigenvalue weighted by atomic mass is 9.85. The molecule has 3 atom stereocenters. The third-order valence-electron chi connectivity index (χ3n) is 11.9. The molecule has 2 aromatic carbocycles. The van der Waals surface area contributed by atoms with Crippen LogP contribution in [0.5, 0.6) is 5.75 Å². The van der Waals surface area contributed by atoms with E-state index in [1.807, 2.05) is 57.2 Å². The first-order chi connectivity index (χ1) is 30.3. The van der Waals surface area contributed by atoms with E-state index in [0.717, 1.165) is 47.5 Å². The van der Waals surface area contributed by atoms with Crippen molar-refractivity contribution < 1.29 is 33.2 Å². The molecule has 63 heavy (non-hydrogen) atoms. The van der Waals surface area contributed by atoms with Crippen molar-refractivity contribution in [3.63, 3.8) is 0 Å². The quantitative estimate of drug-likeness (QED) is 0.136. The van der Waals surface area contributed by atoms with Gasteiger partial charge in [-0.25, -0.2) is 9.97 Å². The number of aromatic nitrogens is 4. The van der Waals surface area contributed by atoms with E-state index in [1.54, 1.807) is 36.5 Å². The molecule has 328 valence electrons. The lowest BCUT2D eigenvalue weighted by Crippen LogP contribution is -2.46. The molecule has 1 unspecified atom stereocenters. The second-order valence-corrected chi connectivity index (χ2v) is 17.7. The van der Waals surface area contributed by atoms with Gasteiger partial charge in [0.15, 0.2) is 12.4 Å². The number of benzene rings is 2. The van der Waals surface area contributed by atoms with E-state index >= 15 is 0 Å². The smallest absolute Gasteiger partial charge is 0.260 e. The van der Waals surface area contributed by atoms with Crippen LogP contribution in [0.4, 0.5) is 11.6 Å². The summed E-state index contributed by atoms with van der Waals surface area (Å²) in [6, 6.07) is 16.3. The van der Waals surface area contributed by atoms with Crippen LogP contribution in [0.3, 0.4) is 0 Å². The first-order valence-corrected chi connectivity index (χ1v) is 21.6. The second-order valence-electron chi connectivity index (χ2n) is 17.7. The number of imidazole rings is 1. The van der Waals surface area contributed by atoms with Crippen LogP contribution in [0.25, 0.3) is 22.9 Å². The van der Waals surface area contributed by atoms with E-state index in [-0.39, 0.29) is 72.9 Å². The molecule has 5 aromatic rings. The van der Waals surface area contributed by atoms with Crippen LogP contribution in [0.15, 0.2) is 71.4 Å². The first-order valence-electron chi connectivity index (χ1n) is 21.6. The normalized spacial score (nSPS) is 20.3. The molecule has 2 fully saturated rings. The number of ether oxygens (including phenoxy) is 1. The zero-order chi connectivity index (χ0) is 44.3. The number of piperidine rings is 1. The van der Waals surface area contributed by atoms with Crippen molar-refractivity contribution in [2.24, 2.45) is 0 Å². The maximum absolute atomic E-state index is 13.6. The Bertz CT molecular complexity index is 2550. The van der Waals surface area contributed by atoms with E-state index in [4.69, 9.17) is 20.0 Å². The summed E-state index contributed by atoms with van der Waals surface area (Å²) in [7, 11) is 0. The first kappa shape index (κ1) is 42.8. The largest absolute Gasteiger partial charge is 0.484 e. The number of hydrogen-bond donors (Lipinski definition) is 4. The van der Waals surface area contributed by atoms with Gasteiger partial charge in [-0.1, -0.05) is 74.8 Å². The number of nitrogens with zero attached hydrogens (tertiary/aromatic N) is 5. The van der Waals surface area contributed by atoms with Gasteiger partial charge in [0.1, 0.15) is 34.4 Å². The Morgan fingerprint density at radius 1 is 1.00 bits per heavy atom. The van der Waals surface area contributed by atoms with Crippen molar-refractivity contribution in [2.45, 2.75) is 102 Å². The average molecular weight is 856 g/mol. The molecule has 16 heteroatoms. The number of carbonyl (C=O) groups is 5. The van der Waals surface area contributed by atoms with Gasteiger partial charge in [0, 0.05) is 42.0 Å². The van der Waals surface area contributed by atoms with Gasteiger partial charge in [-0.05, 0) is 67.9 Å². The standard InChI is InChI=1S/C47H53N9O7/c1-47(2,3)36-24-37(54-63-36)51-39(58)22-28-11-13-30(14-12-28)42-43-44(48)49-25-33-10-5-4-6-21-55(26-40(59)50-32-9-7-8-31(23-32)45(53-42)56(33)43)41(60)27-62-34-17-15-29(16-18-34)35-19-20-38(57)52-46(35)61/h5,10-18,24-25,31-32,35H,4,6-9,19-23,26-27H2,1-3H3,(H2,48,49)(H,50,59)(H,51,54,58)(H,52,57,61)/b10-5+/t31-,32-,35?/m1/s1. The van der Waals surface area contributed by atoms with E-state index in [0.29, 0.717) is 66.6 Å². The Hall–Kier alpha value is -6.84. The minimum Gasteiger partial charge on any atom is -0.484 e. The van der Waals surface area contributed by atoms with Crippen LogP contribution in [0, 0.1) is 0 Å². The third-order valence-corrected chi connectivity index (χ3v) is 11.9. The Morgan fingerprint density at radius 3 is 2.54 bits per heavy atom. The molecule has 0 spiro atoms. The van der Waals surface area contributed by atoms with Crippen LogP contribution in [0.2, 0.25) is 0 Å². The summed E-state index contributed by atoms with van der Waals surface area (Å²) in [5, 5.41) is 12.4. The molecule has 3 aromatic heterocycles. The molecule has 5 N–H and O–H groups in total. The maximum Gasteiger partial charge on any atom is 0.260 e. The average Bonchev–Trinajstić information content (AvgIpc) is 3.90. The monoisotopic (exact) mass is 855 g/mol. The molecule has 5 heterocycles. The van der Waals surface area contributed by atoms with Crippen LogP contribution in [0.1, 0.15) is 112 Å². The summed E-state index contributed by atoms with van der Waals surface area (Å²) in [5.74, 6) is 0.923. The number of allylic oxidation sites excluding steroid dienone is 1. The molecule has 0 radical (unpaired) electrons. The van der Waals surface area contributed by atoms with Gasteiger partial charge in [0.25, 0.3) is 5.91 Å². The van der Waals surface area contributed by atoms with Gasteiger partial charge >= 0.3 is 0 Å². The highest BCUT2D eigenvalue weighted by molar-refractivity contribution is 6.01. The predicted molar refractivity (Wildman–Crippen MR) is 235 cm³/mol. The molecule has 2 aliphatic heterocycles. The minimum absolute atomic E-state index is 0.00445. The Kier molecular flexibility index (Phi) is 12.4. The van der Waals surface area contributed by atoms with Gasteiger partial charge < -0.3 is 30.5 Å². The van der Waals surface area contributed by atoms with Gasteiger partial charge in [-0.2, -0.15) is 0 Å². The Morgan fingerprint density at radius 2 is 1.79 bits per heavy atom. The molecule has 1 saturated heterocycles. The van der Waals surface area contributed by atoms with Gasteiger partial charge in [0.2, 0.25) is 23.6 Å². The lowest BCUT2D eigenvalue weighted by molar-refractivity contribution is -0.138. The summed E-state index contributed by atoms with van der Waals surface area (Å²) in [5.41, 5.74) is 11.0. The zero-order valence-corrected chi connectivity index (χ0v) is 35.8. The molecule has 8 rings (SSSR count). The summed E-state index contributed by atoms with van der Waals surface area (Å²) >= 11 is 0. The van der Waals surface area contributed by atoms with E-state index in [1.165, 1.54) is 4.90 Å². The minimum atomic E-state index is -0.418. The zero-order valence-electron chi connectivity index (χ0n) is 35.8. The molecule has 3 aliphatic rings. The highest BCUT2D eigenvalue weighted by Gasteiger charge is 2.32. The summed E-state index contributed by atoms with van der Waals surface area (Å²) in [6.07, 6.45) is 11.0. The van der Waals surface area contributed by atoms with E-state index < -0.39 is 5.92 Å².